The minimum absolute atomic E-state index is 0.0193. The molecule has 1 aromatic heterocycles. The van der Waals surface area contributed by atoms with Gasteiger partial charge in [0.15, 0.2) is 0 Å². The Balaban J connectivity index is 2.22. The van der Waals surface area contributed by atoms with Crippen LogP contribution in [0.3, 0.4) is 0 Å². The van der Waals surface area contributed by atoms with Gasteiger partial charge in [-0.05, 0) is 36.4 Å². The molecule has 1 amide bonds. The summed E-state index contributed by atoms with van der Waals surface area (Å²) in [6.45, 7) is 0. The van der Waals surface area contributed by atoms with Crippen LogP contribution in [0.5, 0.6) is 0 Å². The zero-order valence-electron chi connectivity index (χ0n) is 13.4. The van der Waals surface area contributed by atoms with Crippen LogP contribution in [-0.4, -0.2) is 46.7 Å². The fraction of sp³-hybridized carbons (Fsp3) is 0.143. The number of carbonyl (C=O) groups is 1. The monoisotopic (exact) mass is 384 g/mol. The predicted molar refractivity (Wildman–Crippen MR) is 90.9 cm³/mol. The number of sulfonamides is 2. The molecule has 0 radical (unpaired) electrons. The molecule has 0 aliphatic heterocycles. The van der Waals surface area contributed by atoms with Gasteiger partial charge in [0.05, 0.1) is 15.4 Å². The van der Waals surface area contributed by atoms with Crippen LogP contribution in [0.4, 0.5) is 5.82 Å². The number of nitrogens with zero attached hydrogens (tertiary/aromatic N) is 2. The lowest BCUT2D eigenvalue weighted by atomic mass is 10.2. The van der Waals surface area contributed by atoms with Crippen molar-refractivity contribution in [3.8, 4) is 0 Å². The standard InChI is InChI=1S/C14H16N4O5S2/c1-18(2)14(19)10-3-8-13(16-9-10)17-25(22,23)12-6-4-11(5-7-12)24(15,20)21/h3-9H,1-2H3,(H,16,17)(H2,15,20,21). The molecule has 0 saturated heterocycles. The van der Waals surface area contributed by atoms with E-state index in [1.54, 1.807) is 14.1 Å². The Bertz CT molecular complexity index is 983. The molecule has 0 fully saturated rings. The smallest absolute Gasteiger partial charge is 0.263 e. The topological polar surface area (TPSA) is 140 Å². The van der Waals surface area contributed by atoms with Crippen LogP contribution in [0.2, 0.25) is 0 Å². The molecule has 9 nitrogen and oxygen atoms in total. The van der Waals surface area contributed by atoms with Crippen molar-refractivity contribution in [1.82, 2.24) is 9.88 Å². The van der Waals surface area contributed by atoms with E-state index in [0.29, 0.717) is 5.56 Å². The largest absolute Gasteiger partial charge is 0.345 e. The molecule has 3 N–H and O–H groups in total. The van der Waals surface area contributed by atoms with Gasteiger partial charge in [-0.1, -0.05) is 0 Å². The van der Waals surface area contributed by atoms with E-state index in [1.165, 1.54) is 23.2 Å². The lowest BCUT2D eigenvalue weighted by Gasteiger charge is -2.11. The lowest BCUT2D eigenvalue weighted by Crippen LogP contribution is -2.22. The van der Waals surface area contributed by atoms with Crippen molar-refractivity contribution in [3.63, 3.8) is 0 Å². The lowest BCUT2D eigenvalue weighted by molar-refractivity contribution is 0.0827. The molecular weight excluding hydrogens is 368 g/mol. The van der Waals surface area contributed by atoms with Gasteiger partial charge in [-0.15, -0.1) is 0 Å². The van der Waals surface area contributed by atoms with E-state index in [4.69, 9.17) is 5.14 Å². The van der Waals surface area contributed by atoms with Crippen molar-refractivity contribution in [2.24, 2.45) is 5.14 Å². The van der Waals surface area contributed by atoms with Crippen molar-refractivity contribution in [1.29, 1.82) is 0 Å². The number of amides is 1. The fourth-order valence-electron chi connectivity index (χ4n) is 1.84. The van der Waals surface area contributed by atoms with Gasteiger partial charge < -0.3 is 4.90 Å². The Morgan fingerprint density at radius 3 is 2.00 bits per heavy atom. The number of carbonyl (C=O) groups excluding carboxylic acids is 1. The second-order valence-electron chi connectivity index (χ2n) is 5.25. The molecule has 0 unspecified atom stereocenters. The van der Waals surface area contributed by atoms with Gasteiger partial charge in [-0.2, -0.15) is 0 Å². The van der Waals surface area contributed by atoms with Gasteiger partial charge in [-0.25, -0.2) is 27.0 Å². The fourth-order valence-corrected chi connectivity index (χ4v) is 3.37. The van der Waals surface area contributed by atoms with Gasteiger partial charge in [0.1, 0.15) is 5.82 Å². The Morgan fingerprint density at radius 2 is 1.56 bits per heavy atom. The summed E-state index contributed by atoms with van der Waals surface area (Å²) in [5.41, 5.74) is 0.311. The molecule has 0 aliphatic carbocycles. The van der Waals surface area contributed by atoms with E-state index >= 15 is 0 Å². The van der Waals surface area contributed by atoms with Crippen molar-refractivity contribution in [2.75, 3.05) is 18.8 Å². The van der Waals surface area contributed by atoms with Crippen molar-refractivity contribution < 1.29 is 21.6 Å². The average molecular weight is 384 g/mol. The SMILES string of the molecule is CN(C)C(=O)c1ccc(NS(=O)(=O)c2ccc(S(N)(=O)=O)cc2)nc1. The summed E-state index contributed by atoms with van der Waals surface area (Å²) in [7, 11) is -4.70. The molecule has 2 aromatic rings. The van der Waals surface area contributed by atoms with Crippen LogP contribution in [0, 0.1) is 0 Å². The summed E-state index contributed by atoms with van der Waals surface area (Å²) < 4.78 is 49.2. The molecular formula is C14H16N4O5S2. The predicted octanol–water partition coefficient (Wildman–Crippen LogP) is 0.232. The van der Waals surface area contributed by atoms with E-state index in [1.807, 2.05) is 0 Å². The third kappa shape index (κ3) is 4.53. The number of benzene rings is 1. The number of nitrogens with one attached hydrogen (secondary N) is 1. The summed E-state index contributed by atoms with van der Waals surface area (Å²) in [5.74, 6) is -0.244. The van der Waals surface area contributed by atoms with E-state index in [0.717, 1.165) is 24.3 Å². The quantitative estimate of drug-likeness (QED) is 0.756. The Kier molecular flexibility index (Phi) is 5.11. The first-order valence-corrected chi connectivity index (χ1v) is 9.87. The van der Waals surface area contributed by atoms with Gasteiger partial charge >= 0.3 is 0 Å². The number of anilines is 1. The number of rotatable bonds is 5. The van der Waals surface area contributed by atoms with Crippen LogP contribution in [0.25, 0.3) is 0 Å². The van der Waals surface area contributed by atoms with Crippen molar-refractivity contribution in [3.05, 3.63) is 48.2 Å². The maximum atomic E-state index is 12.3. The summed E-state index contributed by atoms with van der Waals surface area (Å²) in [4.78, 5) is 16.7. The first kappa shape index (κ1) is 18.8. The normalized spacial score (nSPS) is 11.8. The minimum Gasteiger partial charge on any atom is -0.345 e. The Hall–Kier alpha value is -2.50. The highest BCUT2D eigenvalue weighted by Crippen LogP contribution is 2.17. The van der Waals surface area contributed by atoms with E-state index in [2.05, 4.69) is 9.71 Å². The zero-order chi connectivity index (χ0) is 18.8. The van der Waals surface area contributed by atoms with Gasteiger partial charge in [0, 0.05) is 20.3 Å². The maximum Gasteiger partial charge on any atom is 0.263 e. The molecule has 25 heavy (non-hydrogen) atoms. The van der Waals surface area contributed by atoms with Crippen LogP contribution >= 0.6 is 0 Å². The van der Waals surface area contributed by atoms with E-state index in [9.17, 15) is 21.6 Å². The second kappa shape index (κ2) is 6.78. The van der Waals surface area contributed by atoms with Crippen LogP contribution < -0.4 is 9.86 Å². The molecule has 0 atom stereocenters. The third-order valence-corrected chi connectivity index (χ3v) is 5.42. The van der Waals surface area contributed by atoms with Gasteiger partial charge in [0.2, 0.25) is 10.0 Å². The molecule has 0 aliphatic rings. The Morgan fingerprint density at radius 1 is 1.00 bits per heavy atom. The zero-order valence-corrected chi connectivity index (χ0v) is 15.0. The summed E-state index contributed by atoms with van der Waals surface area (Å²) >= 11 is 0. The average Bonchev–Trinajstić information content (AvgIpc) is 2.54. The van der Waals surface area contributed by atoms with Gasteiger partial charge in [0.25, 0.3) is 15.9 Å². The van der Waals surface area contributed by atoms with Crippen LogP contribution in [0.15, 0.2) is 52.4 Å². The summed E-state index contributed by atoms with van der Waals surface area (Å²) in [6, 6.07) is 7.22. The highest BCUT2D eigenvalue weighted by atomic mass is 32.2. The van der Waals surface area contributed by atoms with Crippen molar-refractivity contribution >= 4 is 31.8 Å². The minimum atomic E-state index is -3.97. The number of hydrogen-bond donors (Lipinski definition) is 2. The second-order valence-corrected chi connectivity index (χ2v) is 8.50. The third-order valence-electron chi connectivity index (χ3n) is 3.12. The van der Waals surface area contributed by atoms with Crippen LogP contribution in [-0.2, 0) is 20.0 Å². The highest BCUT2D eigenvalue weighted by molar-refractivity contribution is 7.92. The molecule has 0 spiro atoms. The van der Waals surface area contributed by atoms with E-state index < -0.39 is 20.0 Å². The highest BCUT2D eigenvalue weighted by Gasteiger charge is 2.17. The maximum absolute atomic E-state index is 12.3. The van der Waals surface area contributed by atoms with E-state index in [-0.39, 0.29) is 21.5 Å². The summed E-state index contributed by atoms with van der Waals surface area (Å²) in [6.07, 6.45) is 1.25. The van der Waals surface area contributed by atoms with Crippen molar-refractivity contribution in [2.45, 2.75) is 9.79 Å². The number of aromatic nitrogens is 1. The number of primary sulfonamides is 1. The molecule has 1 heterocycles. The molecule has 134 valence electrons. The molecule has 0 saturated carbocycles. The molecule has 0 bridgehead atoms. The van der Waals surface area contributed by atoms with Crippen LogP contribution in [0.1, 0.15) is 10.4 Å². The first-order valence-electron chi connectivity index (χ1n) is 6.84. The molecule has 1 aromatic carbocycles. The number of nitrogens with two attached hydrogens (primary N) is 1. The summed E-state index contributed by atoms with van der Waals surface area (Å²) in [5, 5.41) is 4.97. The number of pyridine rings is 1. The molecule has 11 heteroatoms. The first-order chi connectivity index (χ1) is 11.5. The number of hydrogen-bond acceptors (Lipinski definition) is 6. The van der Waals surface area contributed by atoms with Gasteiger partial charge in [-0.3, -0.25) is 9.52 Å². The Labute approximate surface area is 145 Å². The molecule has 2 rings (SSSR count).